The summed E-state index contributed by atoms with van der Waals surface area (Å²) >= 11 is 3.25. The van der Waals surface area contributed by atoms with Crippen LogP contribution in [0.15, 0.2) is 143 Å². The first-order chi connectivity index (χ1) is 20.8. The third-order valence-corrected chi connectivity index (χ3v) is 9.11. The molecule has 198 valence electrons. The lowest BCUT2D eigenvalue weighted by Crippen LogP contribution is -1.92. The van der Waals surface area contributed by atoms with Gasteiger partial charge in [0.05, 0.1) is 22.4 Å². The molecule has 0 spiro atoms. The van der Waals surface area contributed by atoms with Crippen LogP contribution in [0, 0.1) is 0 Å². The Hall–Kier alpha value is -4.90. The van der Waals surface area contributed by atoms with Crippen molar-refractivity contribution < 1.29 is 0 Å². The zero-order valence-electron chi connectivity index (χ0n) is 22.6. The van der Waals surface area contributed by atoms with Gasteiger partial charge in [0.2, 0.25) is 0 Å². The summed E-state index contributed by atoms with van der Waals surface area (Å²) in [6.07, 6.45) is 0. The Kier molecular flexibility index (Phi) is 6.21. The van der Waals surface area contributed by atoms with Crippen molar-refractivity contribution in [1.82, 2.24) is 9.97 Å². The standard InChI is InChI=1S/C38H24N2S2/c1-2-6-25(7-3-1)30-18-19-33-34(20-30)38(29-16-12-27(13-17-29)36-22-42-24-40-36)32-9-5-4-8-31(32)37(33)28-14-10-26(11-15-28)35-21-41-23-39-35/h1-24H. The lowest BCUT2D eigenvalue weighted by Gasteiger charge is -2.19. The topological polar surface area (TPSA) is 25.8 Å². The highest BCUT2D eigenvalue weighted by atomic mass is 32.1. The van der Waals surface area contributed by atoms with E-state index in [0.29, 0.717) is 0 Å². The minimum atomic E-state index is 1.02. The van der Waals surface area contributed by atoms with Crippen LogP contribution in [-0.4, -0.2) is 9.97 Å². The molecule has 0 saturated heterocycles. The molecule has 2 nitrogen and oxygen atoms in total. The first kappa shape index (κ1) is 24.9. The van der Waals surface area contributed by atoms with Crippen LogP contribution in [0.5, 0.6) is 0 Å². The van der Waals surface area contributed by atoms with Crippen molar-refractivity contribution in [1.29, 1.82) is 0 Å². The van der Waals surface area contributed by atoms with E-state index < -0.39 is 0 Å². The van der Waals surface area contributed by atoms with E-state index in [1.54, 1.807) is 22.7 Å². The van der Waals surface area contributed by atoms with Gasteiger partial charge in [-0.1, -0.05) is 115 Å². The summed E-state index contributed by atoms with van der Waals surface area (Å²) in [4.78, 5) is 9.03. The number of hydrogen-bond acceptors (Lipinski definition) is 4. The van der Waals surface area contributed by atoms with Crippen LogP contribution in [-0.2, 0) is 0 Å². The Morgan fingerprint density at radius 3 is 1.33 bits per heavy atom. The lowest BCUT2D eigenvalue weighted by molar-refractivity contribution is 1.41. The predicted octanol–water partition coefficient (Wildman–Crippen LogP) is 11.2. The fourth-order valence-corrected chi connectivity index (χ4v) is 7.06. The summed E-state index contributed by atoms with van der Waals surface area (Å²) in [6, 6.07) is 44.1. The number of nitrogens with zero attached hydrogens (tertiary/aromatic N) is 2. The van der Waals surface area contributed by atoms with E-state index in [1.165, 1.54) is 54.9 Å². The van der Waals surface area contributed by atoms with Gasteiger partial charge in [-0.25, -0.2) is 9.97 Å². The maximum atomic E-state index is 4.52. The smallest absolute Gasteiger partial charge is 0.0811 e. The van der Waals surface area contributed by atoms with Gasteiger partial charge in [0, 0.05) is 21.9 Å². The van der Waals surface area contributed by atoms with Gasteiger partial charge in [0.25, 0.3) is 0 Å². The van der Waals surface area contributed by atoms with Gasteiger partial charge in [0.15, 0.2) is 0 Å². The summed E-state index contributed by atoms with van der Waals surface area (Å²) in [6.45, 7) is 0. The van der Waals surface area contributed by atoms with Gasteiger partial charge >= 0.3 is 0 Å². The van der Waals surface area contributed by atoms with Gasteiger partial charge in [0.1, 0.15) is 0 Å². The number of rotatable bonds is 5. The van der Waals surface area contributed by atoms with Gasteiger partial charge in [-0.15, -0.1) is 22.7 Å². The van der Waals surface area contributed by atoms with Crippen LogP contribution in [0.4, 0.5) is 0 Å². The van der Waals surface area contributed by atoms with E-state index in [4.69, 9.17) is 0 Å². The Bertz CT molecular complexity index is 2150. The Morgan fingerprint density at radius 1 is 0.357 bits per heavy atom. The van der Waals surface area contributed by atoms with Crippen LogP contribution in [0.25, 0.3) is 77.4 Å². The highest BCUT2D eigenvalue weighted by Gasteiger charge is 2.18. The highest BCUT2D eigenvalue weighted by Crippen LogP contribution is 2.45. The molecule has 0 unspecified atom stereocenters. The summed E-state index contributed by atoms with van der Waals surface area (Å²) < 4.78 is 0. The molecule has 0 radical (unpaired) electrons. The van der Waals surface area contributed by atoms with Crippen LogP contribution >= 0.6 is 22.7 Å². The molecule has 0 aliphatic heterocycles. The third kappa shape index (κ3) is 4.33. The lowest BCUT2D eigenvalue weighted by atomic mass is 9.84. The molecule has 8 rings (SSSR count). The van der Waals surface area contributed by atoms with E-state index in [9.17, 15) is 0 Å². The highest BCUT2D eigenvalue weighted by molar-refractivity contribution is 7.08. The number of fused-ring (bicyclic) bond motifs is 2. The fourth-order valence-electron chi connectivity index (χ4n) is 5.94. The molecule has 0 aliphatic rings. The number of aromatic nitrogens is 2. The molecule has 0 amide bonds. The predicted molar refractivity (Wildman–Crippen MR) is 180 cm³/mol. The number of hydrogen-bond donors (Lipinski definition) is 0. The van der Waals surface area contributed by atoms with Crippen LogP contribution in [0.2, 0.25) is 0 Å². The molecule has 0 atom stereocenters. The maximum Gasteiger partial charge on any atom is 0.0811 e. The molecule has 0 fully saturated rings. The Labute approximate surface area is 252 Å². The number of benzene rings is 6. The zero-order chi connectivity index (χ0) is 27.9. The van der Waals surface area contributed by atoms with E-state index >= 15 is 0 Å². The first-order valence-corrected chi connectivity index (χ1v) is 15.7. The van der Waals surface area contributed by atoms with Crippen LogP contribution in [0.3, 0.4) is 0 Å². The van der Waals surface area contributed by atoms with Gasteiger partial charge < -0.3 is 0 Å². The SMILES string of the molecule is c1ccc(-c2ccc3c(-c4ccc(-c5cscn5)cc4)c4ccccc4c(-c4ccc(-c5cscn5)cc4)c3c2)cc1. The summed E-state index contributed by atoms with van der Waals surface area (Å²) in [7, 11) is 0. The molecule has 42 heavy (non-hydrogen) atoms. The Morgan fingerprint density at radius 2 is 0.810 bits per heavy atom. The second-order valence-corrected chi connectivity index (χ2v) is 11.8. The minimum absolute atomic E-state index is 1.02. The number of thiazole rings is 2. The first-order valence-electron chi connectivity index (χ1n) is 13.9. The molecule has 2 heterocycles. The molecule has 0 bridgehead atoms. The largest absolute Gasteiger partial charge is 0.245 e. The van der Waals surface area contributed by atoms with Crippen molar-refractivity contribution >= 4 is 44.2 Å². The zero-order valence-corrected chi connectivity index (χ0v) is 24.2. The van der Waals surface area contributed by atoms with E-state index in [2.05, 4.69) is 142 Å². The minimum Gasteiger partial charge on any atom is -0.245 e. The second kappa shape index (κ2) is 10.5. The average molecular weight is 573 g/mol. The van der Waals surface area contributed by atoms with Gasteiger partial charge in [-0.3, -0.25) is 0 Å². The van der Waals surface area contributed by atoms with Crippen molar-refractivity contribution in [3.8, 4) is 55.9 Å². The second-order valence-electron chi connectivity index (χ2n) is 10.3. The average Bonchev–Trinajstić information content (AvgIpc) is 3.80. The third-order valence-electron chi connectivity index (χ3n) is 7.93. The normalized spacial score (nSPS) is 11.3. The van der Waals surface area contributed by atoms with Crippen molar-refractivity contribution in [2.75, 3.05) is 0 Å². The van der Waals surface area contributed by atoms with Crippen molar-refractivity contribution in [3.05, 3.63) is 143 Å². The molecular formula is C38H24N2S2. The summed E-state index contributed by atoms with van der Waals surface area (Å²) in [5.41, 5.74) is 15.4. The monoisotopic (exact) mass is 572 g/mol. The molecule has 0 saturated carbocycles. The summed E-state index contributed by atoms with van der Waals surface area (Å²) in [5, 5.41) is 9.18. The molecule has 0 aliphatic carbocycles. The summed E-state index contributed by atoms with van der Waals surface area (Å²) in [5.74, 6) is 0. The van der Waals surface area contributed by atoms with E-state index in [1.807, 2.05) is 11.0 Å². The van der Waals surface area contributed by atoms with Crippen molar-refractivity contribution in [2.24, 2.45) is 0 Å². The maximum absolute atomic E-state index is 4.52. The van der Waals surface area contributed by atoms with Crippen LogP contribution in [0.1, 0.15) is 0 Å². The molecule has 0 N–H and O–H groups in total. The molecule has 4 heteroatoms. The quantitative estimate of drug-likeness (QED) is 0.192. The Balaban J connectivity index is 1.40. The van der Waals surface area contributed by atoms with Crippen LogP contribution < -0.4 is 0 Å². The molecule has 6 aromatic carbocycles. The fraction of sp³-hybridized carbons (Fsp3) is 0. The van der Waals surface area contributed by atoms with Gasteiger partial charge in [-0.05, 0) is 61.0 Å². The van der Waals surface area contributed by atoms with Gasteiger partial charge in [-0.2, -0.15) is 0 Å². The van der Waals surface area contributed by atoms with E-state index in [0.717, 1.165) is 22.5 Å². The van der Waals surface area contributed by atoms with Crippen molar-refractivity contribution in [3.63, 3.8) is 0 Å². The molecule has 2 aromatic heterocycles. The molecule has 8 aromatic rings. The van der Waals surface area contributed by atoms with E-state index in [-0.39, 0.29) is 0 Å². The molecular weight excluding hydrogens is 549 g/mol. The van der Waals surface area contributed by atoms with Crippen molar-refractivity contribution in [2.45, 2.75) is 0 Å².